The van der Waals surface area contributed by atoms with E-state index < -0.39 is 0 Å². The lowest BCUT2D eigenvalue weighted by molar-refractivity contribution is 0.0513. The molecule has 1 N–H and O–H groups in total. The number of carbonyl (C=O) groups excluding carboxylic acids is 1. The fourth-order valence-electron chi connectivity index (χ4n) is 5.98. The lowest BCUT2D eigenvalue weighted by Gasteiger charge is -2.12. The van der Waals surface area contributed by atoms with Crippen LogP contribution in [0.25, 0.3) is 32.8 Å². The third kappa shape index (κ3) is 5.08. The minimum absolute atomic E-state index is 0.207. The third-order valence-electron chi connectivity index (χ3n) is 7.80. The number of allylic oxidation sites excluding steroid dienone is 1. The molecule has 0 fully saturated rings. The Morgan fingerprint density at radius 1 is 1.05 bits per heavy atom. The number of aromatic nitrogens is 3. The summed E-state index contributed by atoms with van der Waals surface area (Å²) in [5, 5.41) is 18.0. The number of hydrogen-bond acceptors (Lipinski definition) is 6. The molecule has 0 saturated carbocycles. The molecule has 0 aliphatic carbocycles. The first-order chi connectivity index (χ1) is 20.6. The molecule has 0 bridgehead atoms. The number of fused-ring (bicyclic) bond motifs is 3. The molecule has 8 nitrogen and oxygen atoms in total. The highest BCUT2D eigenvalue weighted by Crippen LogP contribution is 2.39. The van der Waals surface area contributed by atoms with E-state index in [9.17, 15) is 9.90 Å². The van der Waals surface area contributed by atoms with Crippen molar-refractivity contribution >= 4 is 27.6 Å². The molecule has 0 saturated heterocycles. The summed E-state index contributed by atoms with van der Waals surface area (Å²) in [7, 11) is 1.86. The van der Waals surface area contributed by atoms with Gasteiger partial charge in [-0.1, -0.05) is 66.7 Å². The molecular formula is C34H35N3O5. The molecular weight excluding hydrogens is 530 g/mol. The van der Waals surface area contributed by atoms with Crippen LogP contribution in [-0.4, -0.2) is 45.2 Å². The van der Waals surface area contributed by atoms with E-state index in [1.165, 1.54) is 0 Å². The maximum absolute atomic E-state index is 13.6. The lowest BCUT2D eigenvalue weighted by Crippen LogP contribution is -2.14. The highest BCUT2D eigenvalue weighted by atomic mass is 16.5. The number of rotatable bonds is 8. The van der Waals surface area contributed by atoms with Crippen molar-refractivity contribution in [1.82, 2.24) is 14.3 Å². The molecule has 42 heavy (non-hydrogen) atoms. The summed E-state index contributed by atoms with van der Waals surface area (Å²) in [6.45, 7) is 3.64. The van der Waals surface area contributed by atoms with Crippen molar-refractivity contribution in [2.24, 2.45) is 7.05 Å². The molecule has 2 aromatic heterocycles. The lowest BCUT2D eigenvalue weighted by atomic mass is 9.98. The average Bonchev–Trinajstić information content (AvgIpc) is 3.49. The van der Waals surface area contributed by atoms with Gasteiger partial charge in [-0.2, -0.15) is 5.10 Å². The van der Waals surface area contributed by atoms with Gasteiger partial charge >= 0.3 is 5.97 Å². The van der Waals surface area contributed by atoms with Crippen LogP contribution in [-0.2, 0) is 42.7 Å². The molecule has 3 aromatic carbocycles. The maximum atomic E-state index is 13.6. The summed E-state index contributed by atoms with van der Waals surface area (Å²) >= 11 is 0. The van der Waals surface area contributed by atoms with Gasteiger partial charge < -0.3 is 23.9 Å². The number of hydrogen-bond donors (Lipinski definition) is 1. The van der Waals surface area contributed by atoms with Gasteiger partial charge in [0, 0.05) is 35.5 Å². The Hall–Kier alpha value is -4.40. The summed E-state index contributed by atoms with van der Waals surface area (Å²) in [5.41, 5.74) is 5.59. The second-order valence-corrected chi connectivity index (χ2v) is 10.3. The van der Waals surface area contributed by atoms with Crippen LogP contribution in [0.5, 0.6) is 5.75 Å². The maximum Gasteiger partial charge on any atom is 0.355 e. The van der Waals surface area contributed by atoms with Crippen LogP contribution in [0.4, 0.5) is 0 Å². The number of esters is 1. The van der Waals surface area contributed by atoms with Crippen LogP contribution in [0.3, 0.4) is 0 Å². The van der Waals surface area contributed by atoms with Crippen molar-refractivity contribution in [3.8, 4) is 16.9 Å². The second-order valence-electron chi connectivity index (χ2n) is 10.3. The van der Waals surface area contributed by atoms with Gasteiger partial charge in [-0.05, 0) is 36.8 Å². The van der Waals surface area contributed by atoms with Crippen LogP contribution in [0.2, 0.25) is 0 Å². The van der Waals surface area contributed by atoms with Crippen molar-refractivity contribution in [3.63, 3.8) is 0 Å². The van der Waals surface area contributed by atoms with E-state index >= 15 is 0 Å². The third-order valence-corrected chi connectivity index (χ3v) is 7.80. The number of benzene rings is 3. The Morgan fingerprint density at radius 2 is 1.86 bits per heavy atom. The van der Waals surface area contributed by atoms with Crippen LogP contribution in [0, 0.1) is 0 Å². The zero-order valence-corrected chi connectivity index (χ0v) is 24.0. The van der Waals surface area contributed by atoms with E-state index in [2.05, 4.69) is 29.4 Å². The molecule has 6 rings (SSSR count). The van der Waals surface area contributed by atoms with Crippen molar-refractivity contribution in [2.75, 3.05) is 19.8 Å². The van der Waals surface area contributed by atoms with Crippen molar-refractivity contribution in [2.45, 2.75) is 39.5 Å². The van der Waals surface area contributed by atoms with Gasteiger partial charge in [-0.25, -0.2) is 4.79 Å². The van der Waals surface area contributed by atoms with Gasteiger partial charge in [0.25, 0.3) is 0 Å². The molecule has 1 aliphatic rings. The van der Waals surface area contributed by atoms with Gasteiger partial charge in [0.2, 0.25) is 0 Å². The fourth-order valence-corrected chi connectivity index (χ4v) is 5.98. The molecule has 8 heteroatoms. The number of nitrogens with zero attached hydrogens (tertiary/aromatic N) is 3. The number of ether oxygens (including phenoxy) is 3. The molecule has 3 heterocycles. The first-order valence-corrected chi connectivity index (χ1v) is 14.4. The Labute approximate surface area is 244 Å². The molecule has 0 radical (unpaired) electrons. The standard InChI is InChI=1S/C34H35N3O5/c1-3-41-34(39)33-26(16-10-20-42-30-17-8-12-23-11-4-5-13-24(23)30)25-14-9-15-27-31-28(21-38)35-36(2)29(31)22-40-19-7-6-18-37(33)32(25)27/h4-9,11-15,17,38H,3,10,16,18-22H2,1-2H3/b7-6-. The predicted molar refractivity (Wildman–Crippen MR) is 163 cm³/mol. The summed E-state index contributed by atoms with van der Waals surface area (Å²) in [6.07, 6.45) is 5.33. The van der Waals surface area contributed by atoms with Gasteiger partial charge in [-0.15, -0.1) is 0 Å². The SMILES string of the molecule is CCOC(=O)c1c(CCCOc2cccc3ccccc23)c2cccc3c2n1C/C=C\COCc1c-3c(CO)nn1C. The van der Waals surface area contributed by atoms with E-state index in [-0.39, 0.29) is 19.2 Å². The fraction of sp³-hybridized carbons (Fsp3) is 0.294. The molecule has 0 atom stereocenters. The Bertz CT molecular complexity index is 1780. The summed E-state index contributed by atoms with van der Waals surface area (Å²) in [6, 6.07) is 20.4. The number of aryl methyl sites for hydroxylation is 2. The smallest absolute Gasteiger partial charge is 0.355 e. The molecule has 216 valence electrons. The zero-order valence-electron chi connectivity index (χ0n) is 24.0. The second kappa shape index (κ2) is 12.2. The van der Waals surface area contributed by atoms with E-state index in [1.807, 2.05) is 67.1 Å². The quantitative estimate of drug-likeness (QED) is 0.142. The van der Waals surface area contributed by atoms with E-state index in [4.69, 9.17) is 14.2 Å². The van der Waals surface area contributed by atoms with E-state index in [1.54, 1.807) is 4.68 Å². The minimum atomic E-state index is -0.349. The molecule has 5 aromatic rings. The Kier molecular flexibility index (Phi) is 8.08. The highest BCUT2D eigenvalue weighted by Gasteiger charge is 2.28. The molecule has 0 amide bonds. The molecule has 1 aliphatic heterocycles. The van der Waals surface area contributed by atoms with Crippen molar-refractivity contribution in [1.29, 1.82) is 0 Å². The van der Waals surface area contributed by atoms with Crippen LogP contribution in [0.1, 0.15) is 40.8 Å². The van der Waals surface area contributed by atoms with Crippen molar-refractivity contribution < 1.29 is 24.1 Å². The van der Waals surface area contributed by atoms with Crippen molar-refractivity contribution in [3.05, 3.63) is 95.5 Å². The van der Waals surface area contributed by atoms with Crippen LogP contribution >= 0.6 is 0 Å². The predicted octanol–water partition coefficient (Wildman–Crippen LogP) is 5.96. The largest absolute Gasteiger partial charge is 0.493 e. The van der Waals surface area contributed by atoms with E-state index in [0.717, 1.165) is 49.8 Å². The summed E-state index contributed by atoms with van der Waals surface area (Å²) < 4.78 is 21.6. The van der Waals surface area contributed by atoms with Crippen LogP contribution in [0.15, 0.2) is 72.8 Å². The first-order valence-electron chi connectivity index (χ1n) is 14.4. The summed E-state index contributed by atoms with van der Waals surface area (Å²) in [5.74, 6) is 0.504. The Balaban J connectivity index is 1.44. The average molecular weight is 566 g/mol. The number of aliphatic hydroxyl groups is 1. The van der Waals surface area contributed by atoms with E-state index in [0.29, 0.717) is 50.6 Å². The molecule has 0 unspecified atom stereocenters. The number of aliphatic hydroxyl groups excluding tert-OH is 1. The first kappa shape index (κ1) is 27.8. The normalized spacial score (nSPS) is 14.0. The number of carbonyl (C=O) groups is 1. The minimum Gasteiger partial charge on any atom is -0.493 e. The van der Waals surface area contributed by atoms with Gasteiger partial charge in [0.1, 0.15) is 11.4 Å². The van der Waals surface area contributed by atoms with Gasteiger partial charge in [0.05, 0.1) is 49.9 Å². The summed E-state index contributed by atoms with van der Waals surface area (Å²) in [4.78, 5) is 13.6. The number of para-hydroxylation sites is 1. The topological polar surface area (TPSA) is 87.7 Å². The van der Waals surface area contributed by atoms with Gasteiger partial charge in [-0.3, -0.25) is 4.68 Å². The zero-order chi connectivity index (χ0) is 29.1. The Morgan fingerprint density at radius 3 is 2.71 bits per heavy atom. The van der Waals surface area contributed by atoms with Gasteiger partial charge in [0.15, 0.2) is 0 Å². The van der Waals surface area contributed by atoms with Crippen LogP contribution < -0.4 is 4.74 Å². The molecule has 0 spiro atoms. The monoisotopic (exact) mass is 565 g/mol. The highest BCUT2D eigenvalue weighted by molar-refractivity contribution is 6.05.